The molecule has 0 saturated carbocycles. The van der Waals surface area contributed by atoms with Crippen molar-refractivity contribution in [1.29, 1.82) is 0 Å². The number of likely N-dealkylation sites (tertiary alicyclic amines) is 1. The molecule has 1 atom stereocenters. The number of piperidine rings is 1. The normalized spacial score (nSPS) is 23.8. The van der Waals surface area contributed by atoms with Crippen molar-refractivity contribution in [2.45, 2.75) is 18.9 Å². The van der Waals surface area contributed by atoms with E-state index in [4.69, 9.17) is 10.8 Å². The SMILES string of the molecule is CN1CCC([C@@H](N)C(=O)O)CC1. The summed E-state index contributed by atoms with van der Waals surface area (Å²) in [5, 5.41) is 8.66. The number of carboxylic acids is 1. The average Bonchev–Trinajstić information content (AvgIpc) is 2.04. The molecule has 1 aliphatic heterocycles. The van der Waals surface area contributed by atoms with E-state index in [-0.39, 0.29) is 5.92 Å². The molecule has 0 aromatic rings. The quantitative estimate of drug-likeness (QED) is 0.602. The zero-order valence-corrected chi connectivity index (χ0v) is 7.36. The molecular formula is C8H16N2O2. The largest absolute Gasteiger partial charge is 0.480 e. The van der Waals surface area contributed by atoms with Crippen LogP contribution in [0.15, 0.2) is 0 Å². The molecule has 4 nitrogen and oxygen atoms in total. The summed E-state index contributed by atoms with van der Waals surface area (Å²) < 4.78 is 0. The molecule has 70 valence electrons. The molecule has 0 spiro atoms. The summed E-state index contributed by atoms with van der Waals surface area (Å²) in [6.07, 6.45) is 1.81. The molecule has 1 heterocycles. The van der Waals surface area contributed by atoms with Crippen molar-refractivity contribution in [3.63, 3.8) is 0 Å². The number of carboxylic acid groups (broad SMARTS) is 1. The second kappa shape index (κ2) is 3.87. The topological polar surface area (TPSA) is 66.6 Å². The Morgan fingerprint density at radius 3 is 2.50 bits per heavy atom. The van der Waals surface area contributed by atoms with Gasteiger partial charge in [-0.3, -0.25) is 4.79 Å². The van der Waals surface area contributed by atoms with Crippen molar-refractivity contribution in [2.75, 3.05) is 20.1 Å². The summed E-state index contributed by atoms with van der Waals surface area (Å²) in [7, 11) is 2.04. The summed E-state index contributed by atoms with van der Waals surface area (Å²) in [4.78, 5) is 12.7. The van der Waals surface area contributed by atoms with E-state index < -0.39 is 12.0 Å². The molecule has 0 aromatic heterocycles. The first kappa shape index (κ1) is 9.48. The number of hydrogen-bond acceptors (Lipinski definition) is 3. The fraction of sp³-hybridized carbons (Fsp3) is 0.875. The predicted octanol–water partition coefficient (Wildman–Crippen LogP) is -0.260. The van der Waals surface area contributed by atoms with Gasteiger partial charge in [-0.2, -0.15) is 0 Å². The maximum absolute atomic E-state index is 10.5. The highest BCUT2D eigenvalue weighted by molar-refractivity contribution is 5.73. The van der Waals surface area contributed by atoms with Crippen LogP contribution >= 0.6 is 0 Å². The lowest BCUT2D eigenvalue weighted by Gasteiger charge is -2.30. The molecule has 3 N–H and O–H groups in total. The number of rotatable bonds is 2. The van der Waals surface area contributed by atoms with E-state index in [0.29, 0.717) is 0 Å². The lowest BCUT2D eigenvalue weighted by Crippen LogP contribution is -2.43. The van der Waals surface area contributed by atoms with Crippen LogP contribution < -0.4 is 5.73 Å². The Labute approximate surface area is 72.3 Å². The molecular weight excluding hydrogens is 156 g/mol. The molecule has 0 radical (unpaired) electrons. The van der Waals surface area contributed by atoms with Crippen molar-refractivity contribution in [3.8, 4) is 0 Å². The highest BCUT2D eigenvalue weighted by Gasteiger charge is 2.26. The Kier molecular flexibility index (Phi) is 3.05. The zero-order chi connectivity index (χ0) is 9.14. The average molecular weight is 172 g/mol. The minimum absolute atomic E-state index is 0.165. The van der Waals surface area contributed by atoms with Crippen molar-refractivity contribution in [2.24, 2.45) is 11.7 Å². The van der Waals surface area contributed by atoms with E-state index in [2.05, 4.69) is 4.90 Å². The van der Waals surface area contributed by atoms with Crippen LogP contribution in [-0.4, -0.2) is 42.2 Å². The Morgan fingerprint density at radius 1 is 1.58 bits per heavy atom. The molecule has 0 unspecified atom stereocenters. The Bertz CT molecular complexity index is 164. The van der Waals surface area contributed by atoms with Crippen molar-refractivity contribution in [1.82, 2.24) is 4.90 Å². The van der Waals surface area contributed by atoms with Gasteiger partial charge in [0.15, 0.2) is 0 Å². The number of nitrogens with zero attached hydrogens (tertiary/aromatic N) is 1. The zero-order valence-electron chi connectivity index (χ0n) is 7.36. The number of aliphatic carboxylic acids is 1. The van der Waals surface area contributed by atoms with Gasteiger partial charge in [0.2, 0.25) is 0 Å². The van der Waals surface area contributed by atoms with Gasteiger partial charge in [-0.25, -0.2) is 0 Å². The monoisotopic (exact) mass is 172 g/mol. The summed E-state index contributed by atoms with van der Waals surface area (Å²) in [6, 6.07) is -0.668. The molecule has 0 bridgehead atoms. The van der Waals surface area contributed by atoms with E-state index in [1.165, 1.54) is 0 Å². The Hall–Kier alpha value is -0.610. The molecule has 1 aliphatic rings. The second-order valence-corrected chi connectivity index (χ2v) is 3.50. The Morgan fingerprint density at radius 2 is 2.08 bits per heavy atom. The maximum Gasteiger partial charge on any atom is 0.320 e. The minimum Gasteiger partial charge on any atom is -0.480 e. The second-order valence-electron chi connectivity index (χ2n) is 3.50. The molecule has 12 heavy (non-hydrogen) atoms. The van der Waals surface area contributed by atoms with Gasteiger partial charge in [0.05, 0.1) is 0 Å². The van der Waals surface area contributed by atoms with E-state index in [1.54, 1.807) is 0 Å². The van der Waals surface area contributed by atoms with Crippen LogP contribution in [-0.2, 0) is 4.79 Å². The van der Waals surface area contributed by atoms with Crippen LogP contribution in [0.4, 0.5) is 0 Å². The number of carbonyl (C=O) groups is 1. The van der Waals surface area contributed by atoms with Crippen LogP contribution in [0.2, 0.25) is 0 Å². The highest BCUT2D eigenvalue weighted by atomic mass is 16.4. The van der Waals surface area contributed by atoms with Gasteiger partial charge in [0.1, 0.15) is 6.04 Å². The molecule has 0 aromatic carbocycles. The molecule has 0 amide bonds. The summed E-state index contributed by atoms with van der Waals surface area (Å²) in [5.74, 6) is -0.705. The van der Waals surface area contributed by atoms with E-state index in [0.717, 1.165) is 25.9 Å². The third kappa shape index (κ3) is 2.19. The van der Waals surface area contributed by atoms with Gasteiger partial charge >= 0.3 is 5.97 Å². The van der Waals surface area contributed by atoms with Crippen molar-refractivity contribution in [3.05, 3.63) is 0 Å². The van der Waals surface area contributed by atoms with Gasteiger partial charge in [-0.15, -0.1) is 0 Å². The maximum atomic E-state index is 10.5. The summed E-state index contributed by atoms with van der Waals surface area (Å²) in [6.45, 7) is 1.93. The van der Waals surface area contributed by atoms with Crippen LogP contribution in [0.25, 0.3) is 0 Å². The molecule has 0 aliphatic carbocycles. The smallest absolute Gasteiger partial charge is 0.320 e. The third-order valence-corrected chi connectivity index (χ3v) is 2.56. The van der Waals surface area contributed by atoms with Crippen LogP contribution in [0, 0.1) is 5.92 Å². The predicted molar refractivity (Wildman–Crippen MR) is 45.8 cm³/mol. The molecule has 1 rings (SSSR count). The lowest BCUT2D eigenvalue weighted by atomic mass is 9.90. The minimum atomic E-state index is -0.871. The molecule has 1 fully saturated rings. The van der Waals surface area contributed by atoms with Gasteiger partial charge in [0, 0.05) is 0 Å². The first-order chi connectivity index (χ1) is 5.61. The van der Waals surface area contributed by atoms with E-state index in [9.17, 15) is 4.79 Å². The Balaban J connectivity index is 2.39. The molecule has 1 saturated heterocycles. The molecule has 4 heteroatoms. The van der Waals surface area contributed by atoms with Gasteiger partial charge < -0.3 is 15.7 Å². The van der Waals surface area contributed by atoms with Gasteiger partial charge in [-0.1, -0.05) is 0 Å². The van der Waals surface area contributed by atoms with E-state index in [1.807, 2.05) is 7.05 Å². The summed E-state index contributed by atoms with van der Waals surface area (Å²) >= 11 is 0. The fourth-order valence-corrected chi connectivity index (χ4v) is 1.59. The number of hydrogen-bond donors (Lipinski definition) is 2. The highest BCUT2D eigenvalue weighted by Crippen LogP contribution is 2.18. The van der Waals surface area contributed by atoms with Crippen LogP contribution in [0.5, 0.6) is 0 Å². The van der Waals surface area contributed by atoms with Crippen molar-refractivity contribution >= 4 is 5.97 Å². The first-order valence-electron chi connectivity index (χ1n) is 4.28. The summed E-state index contributed by atoms with van der Waals surface area (Å²) in [5.41, 5.74) is 5.52. The first-order valence-corrected chi connectivity index (χ1v) is 4.28. The van der Waals surface area contributed by atoms with Gasteiger partial charge in [-0.05, 0) is 38.9 Å². The number of nitrogens with two attached hydrogens (primary N) is 1. The van der Waals surface area contributed by atoms with Crippen LogP contribution in [0.1, 0.15) is 12.8 Å². The van der Waals surface area contributed by atoms with Gasteiger partial charge in [0.25, 0.3) is 0 Å². The standard InChI is InChI=1S/C8H16N2O2/c1-10-4-2-6(3-5-10)7(9)8(11)12/h6-7H,2-5,9H2,1H3,(H,11,12)/t7-/m1/s1. The van der Waals surface area contributed by atoms with E-state index >= 15 is 0 Å². The lowest BCUT2D eigenvalue weighted by molar-refractivity contribution is -0.140. The fourth-order valence-electron chi connectivity index (χ4n) is 1.59. The van der Waals surface area contributed by atoms with Crippen LogP contribution in [0.3, 0.4) is 0 Å². The third-order valence-electron chi connectivity index (χ3n) is 2.56. The van der Waals surface area contributed by atoms with Crippen molar-refractivity contribution < 1.29 is 9.90 Å².